The number of nitrogens with zero attached hydrogens (tertiary/aromatic N) is 1. The van der Waals surface area contributed by atoms with Crippen LogP contribution in [0.25, 0.3) is 21.5 Å². The molecule has 0 aromatic heterocycles. The Morgan fingerprint density at radius 1 is 0.353 bits per heavy atom. The first-order chi connectivity index (χ1) is 16.8. The molecular weight excluding hydrogens is 412 g/mol. The lowest BCUT2D eigenvalue weighted by molar-refractivity contribution is 1.29. The first-order valence-electron chi connectivity index (χ1n) is 11.5. The van der Waals surface area contributed by atoms with Crippen LogP contribution in [0.3, 0.4) is 0 Å². The summed E-state index contributed by atoms with van der Waals surface area (Å²) in [5.74, 6) is 0. The van der Waals surface area contributed by atoms with E-state index in [0.717, 1.165) is 28.4 Å². The van der Waals surface area contributed by atoms with E-state index < -0.39 is 0 Å². The van der Waals surface area contributed by atoms with E-state index in [0.29, 0.717) is 0 Å². The van der Waals surface area contributed by atoms with Crippen molar-refractivity contribution >= 4 is 50.0 Å². The normalized spacial score (nSPS) is 10.9. The van der Waals surface area contributed by atoms with Gasteiger partial charge in [0.1, 0.15) is 0 Å². The van der Waals surface area contributed by atoms with Gasteiger partial charge < -0.3 is 10.2 Å². The van der Waals surface area contributed by atoms with Crippen LogP contribution < -0.4 is 10.2 Å². The SMILES string of the molecule is c1ccc(N(c2ccc(Nc3ccc4ccccc4c3)cc2)c2ccc3ccccc3c2)cc1. The van der Waals surface area contributed by atoms with Crippen LogP contribution in [0.1, 0.15) is 0 Å². The molecule has 0 aliphatic rings. The number of fused-ring (bicyclic) bond motifs is 2. The van der Waals surface area contributed by atoms with Crippen molar-refractivity contribution in [2.75, 3.05) is 10.2 Å². The third-order valence-electron chi connectivity index (χ3n) is 6.17. The highest BCUT2D eigenvalue weighted by Gasteiger charge is 2.12. The lowest BCUT2D eigenvalue weighted by Crippen LogP contribution is -2.09. The summed E-state index contributed by atoms with van der Waals surface area (Å²) in [6.07, 6.45) is 0. The minimum Gasteiger partial charge on any atom is -0.356 e. The van der Waals surface area contributed by atoms with E-state index in [1.807, 2.05) is 0 Å². The van der Waals surface area contributed by atoms with Crippen molar-refractivity contribution in [3.8, 4) is 0 Å². The van der Waals surface area contributed by atoms with Crippen LogP contribution in [0, 0.1) is 0 Å². The van der Waals surface area contributed by atoms with Gasteiger partial charge in [-0.05, 0) is 82.2 Å². The molecule has 0 atom stereocenters. The first kappa shape index (κ1) is 20.1. The van der Waals surface area contributed by atoms with E-state index in [9.17, 15) is 0 Å². The van der Waals surface area contributed by atoms with E-state index in [4.69, 9.17) is 0 Å². The van der Waals surface area contributed by atoms with Crippen molar-refractivity contribution in [2.45, 2.75) is 0 Å². The molecule has 6 aromatic rings. The van der Waals surface area contributed by atoms with E-state index in [2.05, 4.69) is 150 Å². The van der Waals surface area contributed by atoms with Crippen molar-refractivity contribution in [3.63, 3.8) is 0 Å². The van der Waals surface area contributed by atoms with Gasteiger partial charge in [0.05, 0.1) is 0 Å². The molecule has 0 unspecified atom stereocenters. The average molecular weight is 437 g/mol. The Kier molecular flexibility index (Phi) is 5.17. The summed E-state index contributed by atoms with van der Waals surface area (Å²) in [5, 5.41) is 8.50. The van der Waals surface area contributed by atoms with Crippen molar-refractivity contribution in [1.82, 2.24) is 0 Å². The number of nitrogens with one attached hydrogen (secondary N) is 1. The molecule has 6 aromatic carbocycles. The molecule has 2 nitrogen and oxygen atoms in total. The second kappa shape index (κ2) is 8.76. The van der Waals surface area contributed by atoms with E-state index >= 15 is 0 Å². The molecule has 0 amide bonds. The molecule has 0 bridgehead atoms. The smallest absolute Gasteiger partial charge is 0.0468 e. The molecule has 1 N–H and O–H groups in total. The highest BCUT2D eigenvalue weighted by atomic mass is 15.1. The first-order valence-corrected chi connectivity index (χ1v) is 11.5. The molecule has 6 rings (SSSR count). The highest BCUT2D eigenvalue weighted by Crippen LogP contribution is 2.36. The molecule has 162 valence electrons. The Morgan fingerprint density at radius 2 is 0.853 bits per heavy atom. The molecule has 0 aliphatic heterocycles. The van der Waals surface area contributed by atoms with Crippen molar-refractivity contribution in [3.05, 3.63) is 140 Å². The zero-order valence-corrected chi connectivity index (χ0v) is 18.7. The Bertz CT molecular complexity index is 1570. The number of hydrogen-bond donors (Lipinski definition) is 1. The Hall–Kier alpha value is -4.56. The second-order valence-corrected chi connectivity index (χ2v) is 8.44. The van der Waals surface area contributed by atoms with E-state index in [1.54, 1.807) is 0 Å². The summed E-state index contributed by atoms with van der Waals surface area (Å²) >= 11 is 0. The minimum absolute atomic E-state index is 1.06. The molecule has 0 spiro atoms. The van der Waals surface area contributed by atoms with Crippen LogP contribution >= 0.6 is 0 Å². The topological polar surface area (TPSA) is 15.3 Å². The summed E-state index contributed by atoms with van der Waals surface area (Å²) in [4.78, 5) is 2.30. The van der Waals surface area contributed by atoms with Gasteiger partial charge in [-0.1, -0.05) is 78.9 Å². The maximum absolute atomic E-state index is 3.55. The molecule has 0 aliphatic carbocycles. The molecular formula is C32H24N2. The van der Waals surface area contributed by atoms with Gasteiger partial charge in [-0.15, -0.1) is 0 Å². The predicted molar refractivity (Wildman–Crippen MR) is 146 cm³/mol. The largest absolute Gasteiger partial charge is 0.356 e. The maximum atomic E-state index is 3.55. The quantitative estimate of drug-likeness (QED) is 0.290. The van der Waals surface area contributed by atoms with Crippen LogP contribution in [0.4, 0.5) is 28.4 Å². The number of hydrogen-bond acceptors (Lipinski definition) is 2. The van der Waals surface area contributed by atoms with E-state index in [-0.39, 0.29) is 0 Å². The summed E-state index contributed by atoms with van der Waals surface area (Å²) in [5.41, 5.74) is 5.53. The van der Waals surface area contributed by atoms with Crippen LogP contribution in [-0.2, 0) is 0 Å². The van der Waals surface area contributed by atoms with E-state index in [1.165, 1.54) is 21.5 Å². The molecule has 34 heavy (non-hydrogen) atoms. The van der Waals surface area contributed by atoms with Gasteiger partial charge in [-0.25, -0.2) is 0 Å². The number of para-hydroxylation sites is 1. The fourth-order valence-corrected chi connectivity index (χ4v) is 4.47. The van der Waals surface area contributed by atoms with Gasteiger partial charge in [0.2, 0.25) is 0 Å². The van der Waals surface area contributed by atoms with Gasteiger partial charge >= 0.3 is 0 Å². The van der Waals surface area contributed by atoms with Gasteiger partial charge in [0.15, 0.2) is 0 Å². The average Bonchev–Trinajstić information content (AvgIpc) is 2.90. The van der Waals surface area contributed by atoms with Crippen LogP contribution in [0.2, 0.25) is 0 Å². The minimum atomic E-state index is 1.06. The molecule has 0 saturated carbocycles. The van der Waals surface area contributed by atoms with Crippen LogP contribution in [0.15, 0.2) is 140 Å². The third kappa shape index (κ3) is 3.98. The van der Waals surface area contributed by atoms with Crippen molar-refractivity contribution in [1.29, 1.82) is 0 Å². The number of rotatable bonds is 5. The zero-order valence-electron chi connectivity index (χ0n) is 18.7. The number of benzene rings is 6. The predicted octanol–water partition coefficient (Wildman–Crippen LogP) is 9.21. The zero-order chi connectivity index (χ0) is 22.7. The van der Waals surface area contributed by atoms with Gasteiger partial charge in [0.25, 0.3) is 0 Å². The summed E-state index contributed by atoms with van der Waals surface area (Å²) < 4.78 is 0. The maximum Gasteiger partial charge on any atom is 0.0468 e. The third-order valence-corrected chi connectivity index (χ3v) is 6.17. The Labute approximate surface area is 199 Å². The van der Waals surface area contributed by atoms with Crippen LogP contribution in [0.5, 0.6) is 0 Å². The van der Waals surface area contributed by atoms with Gasteiger partial charge in [-0.3, -0.25) is 0 Å². The monoisotopic (exact) mass is 436 g/mol. The summed E-state index contributed by atoms with van der Waals surface area (Å²) in [6, 6.07) is 49.2. The summed E-state index contributed by atoms with van der Waals surface area (Å²) in [6.45, 7) is 0. The molecule has 0 radical (unpaired) electrons. The Morgan fingerprint density at radius 3 is 1.56 bits per heavy atom. The van der Waals surface area contributed by atoms with Crippen molar-refractivity contribution in [2.24, 2.45) is 0 Å². The molecule has 0 heterocycles. The van der Waals surface area contributed by atoms with Gasteiger partial charge in [-0.2, -0.15) is 0 Å². The molecule has 0 fully saturated rings. The van der Waals surface area contributed by atoms with Gasteiger partial charge in [0, 0.05) is 28.4 Å². The lowest BCUT2D eigenvalue weighted by atomic mass is 10.1. The fourth-order valence-electron chi connectivity index (χ4n) is 4.47. The standard InChI is InChI=1S/C32H24N2/c1-2-12-30(13-3-1)34(32-19-15-25-9-5-7-11-27(25)23-32)31-20-17-28(18-21-31)33-29-16-14-24-8-4-6-10-26(24)22-29/h1-23,33H. The lowest BCUT2D eigenvalue weighted by Gasteiger charge is -2.26. The Balaban J connectivity index is 1.34. The molecule has 0 saturated heterocycles. The van der Waals surface area contributed by atoms with Crippen LogP contribution in [-0.4, -0.2) is 0 Å². The number of anilines is 5. The highest BCUT2D eigenvalue weighted by molar-refractivity contribution is 5.90. The van der Waals surface area contributed by atoms with Crippen molar-refractivity contribution < 1.29 is 0 Å². The second-order valence-electron chi connectivity index (χ2n) is 8.44. The summed E-state index contributed by atoms with van der Waals surface area (Å²) in [7, 11) is 0. The fraction of sp³-hybridized carbons (Fsp3) is 0. The molecule has 2 heteroatoms.